The summed E-state index contributed by atoms with van der Waals surface area (Å²) >= 11 is 5.96. The fourth-order valence-electron chi connectivity index (χ4n) is 3.01. The van der Waals surface area contributed by atoms with Crippen LogP contribution < -0.4 is 5.32 Å². The minimum absolute atomic E-state index is 0.0258. The first kappa shape index (κ1) is 14.5. The van der Waals surface area contributed by atoms with Gasteiger partial charge in [0.1, 0.15) is 0 Å². The number of nitrogens with zero attached hydrogens (tertiary/aromatic N) is 4. The minimum atomic E-state index is -0.550. The lowest BCUT2D eigenvalue weighted by atomic mass is 9.87. The summed E-state index contributed by atoms with van der Waals surface area (Å²) in [5.74, 6) is 0.576. The Morgan fingerprint density at radius 1 is 1.52 bits per heavy atom. The summed E-state index contributed by atoms with van der Waals surface area (Å²) in [6, 6.07) is 0.0258. The van der Waals surface area contributed by atoms with Gasteiger partial charge in [-0.05, 0) is 24.4 Å². The van der Waals surface area contributed by atoms with Crippen LogP contribution in [0.3, 0.4) is 0 Å². The molecule has 0 amide bonds. The van der Waals surface area contributed by atoms with E-state index in [1.54, 1.807) is 13.4 Å². The Morgan fingerprint density at radius 3 is 2.90 bits per heavy atom. The molecule has 1 aliphatic rings. The van der Waals surface area contributed by atoms with Crippen LogP contribution in [-0.4, -0.2) is 49.5 Å². The average molecular weight is 312 g/mol. The van der Waals surface area contributed by atoms with Crippen LogP contribution in [0.1, 0.15) is 25.8 Å². The number of anilines is 1. The van der Waals surface area contributed by atoms with Crippen molar-refractivity contribution in [2.24, 2.45) is 5.41 Å². The van der Waals surface area contributed by atoms with Gasteiger partial charge >= 0.3 is 0 Å². The van der Waals surface area contributed by atoms with Gasteiger partial charge in [-0.1, -0.05) is 6.92 Å². The van der Waals surface area contributed by atoms with E-state index < -0.39 is 11.5 Å². The van der Waals surface area contributed by atoms with E-state index in [0.29, 0.717) is 29.8 Å². The van der Waals surface area contributed by atoms with Gasteiger partial charge in [0.2, 0.25) is 5.28 Å². The van der Waals surface area contributed by atoms with Gasteiger partial charge in [0.25, 0.3) is 0 Å². The van der Waals surface area contributed by atoms with Crippen molar-refractivity contribution in [3.8, 4) is 0 Å². The number of aliphatic hydroxyl groups excluding tert-OH is 2. The van der Waals surface area contributed by atoms with Crippen LogP contribution in [0.4, 0.5) is 5.82 Å². The molecule has 0 aliphatic heterocycles. The van der Waals surface area contributed by atoms with Gasteiger partial charge in [-0.15, -0.1) is 0 Å². The van der Waals surface area contributed by atoms with Crippen LogP contribution >= 0.6 is 11.6 Å². The summed E-state index contributed by atoms with van der Waals surface area (Å²) in [4.78, 5) is 12.7. The molecule has 21 heavy (non-hydrogen) atoms. The number of halogens is 1. The molecule has 3 rings (SSSR count). The largest absolute Gasteiger partial charge is 0.396 e. The summed E-state index contributed by atoms with van der Waals surface area (Å²) in [5.41, 5.74) is 0.789. The number of imidazole rings is 1. The zero-order chi connectivity index (χ0) is 15.2. The normalized spacial score (nSPS) is 29.2. The van der Waals surface area contributed by atoms with E-state index in [4.69, 9.17) is 11.6 Å². The minimum Gasteiger partial charge on any atom is -0.396 e. The van der Waals surface area contributed by atoms with Crippen LogP contribution in [0, 0.1) is 5.41 Å². The molecule has 3 atom stereocenters. The van der Waals surface area contributed by atoms with Gasteiger partial charge in [-0.3, -0.25) is 0 Å². The van der Waals surface area contributed by atoms with Crippen molar-refractivity contribution in [1.82, 2.24) is 19.5 Å². The molecule has 2 aromatic heterocycles. The Morgan fingerprint density at radius 2 is 2.29 bits per heavy atom. The van der Waals surface area contributed by atoms with Crippen LogP contribution in [0.25, 0.3) is 11.2 Å². The molecule has 0 unspecified atom stereocenters. The predicted molar refractivity (Wildman–Crippen MR) is 79.4 cm³/mol. The van der Waals surface area contributed by atoms with Crippen LogP contribution in [0.15, 0.2) is 6.33 Å². The van der Waals surface area contributed by atoms with Crippen molar-refractivity contribution >= 4 is 28.6 Å². The lowest BCUT2D eigenvalue weighted by Crippen LogP contribution is -2.30. The van der Waals surface area contributed by atoms with Gasteiger partial charge in [-0.25, -0.2) is 4.98 Å². The highest BCUT2D eigenvalue weighted by atomic mass is 35.5. The fourth-order valence-corrected chi connectivity index (χ4v) is 3.18. The molecule has 1 aliphatic carbocycles. The number of aromatic nitrogens is 4. The van der Waals surface area contributed by atoms with Crippen molar-refractivity contribution in [2.75, 3.05) is 19.0 Å². The van der Waals surface area contributed by atoms with Crippen molar-refractivity contribution in [3.63, 3.8) is 0 Å². The SMILES string of the molecule is CNc1nc(Cl)nc2c1ncn2[C@H]1C[C@H](O)[C@@](C)(CO)C1. The Balaban J connectivity index is 2.05. The quantitative estimate of drug-likeness (QED) is 0.738. The lowest BCUT2D eigenvalue weighted by Gasteiger charge is -2.24. The number of hydrogen-bond acceptors (Lipinski definition) is 6. The first-order valence-electron chi connectivity index (χ1n) is 6.85. The molecule has 114 valence electrons. The molecule has 1 fully saturated rings. The summed E-state index contributed by atoms with van der Waals surface area (Å²) in [6.07, 6.45) is 2.36. The van der Waals surface area contributed by atoms with Gasteiger partial charge in [0.15, 0.2) is 17.0 Å². The second kappa shape index (κ2) is 5.08. The fraction of sp³-hybridized carbons (Fsp3) is 0.615. The molecule has 2 heterocycles. The highest BCUT2D eigenvalue weighted by molar-refractivity contribution is 6.28. The Labute approximate surface area is 127 Å². The molecule has 7 nitrogen and oxygen atoms in total. The lowest BCUT2D eigenvalue weighted by molar-refractivity contribution is 0.0201. The van der Waals surface area contributed by atoms with E-state index in [9.17, 15) is 10.2 Å². The molecule has 0 radical (unpaired) electrons. The first-order valence-corrected chi connectivity index (χ1v) is 7.23. The van der Waals surface area contributed by atoms with Crippen molar-refractivity contribution < 1.29 is 10.2 Å². The third-order valence-corrected chi connectivity index (χ3v) is 4.56. The summed E-state index contributed by atoms with van der Waals surface area (Å²) < 4.78 is 1.91. The second-order valence-electron chi connectivity index (χ2n) is 5.84. The molecule has 0 saturated heterocycles. The average Bonchev–Trinajstić information content (AvgIpc) is 3.00. The highest BCUT2D eigenvalue weighted by Crippen LogP contribution is 2.44. The van der Waals surface area contributed by atoms with Crippen molar-refractivity contribution in [2.45, 2.75) is 31.9 Å². The standard InChI is InChI=1S/C13H18ClN5O2/c1-13(5-20)4-7(3-8(13)21)19-6-16-9-10(15-2)17-12(14)18-11(9)19/h6-8,20-21H,3-5H2,1-2H3,(H,15,17,18)/t7-,8-,13+/m0/s1. The van der Waals surface area contributed by atoms with Gasteiger partial charge in [0, 0.05) is 18.5 Å². The van der Waals surface area contributed by atoms with Crippen LogP contribution in [0.5, 0.6) is 0 Å². The maximum absolute atomic E-state index is 10.2. The molecule has 2 aromatic rings. The zero-order valence-electron chi connectivity index (χ0n) is 11.9. The van der Waals surface area contributed by atoms with E-state index in [1.165, 1.54) is 0 Å². The van der Waals surface area contributed by atoms with E-state index >= 15 is 0 Å². The molecule has 0 bridgehead atoms. The molecular weight excluding hydrogens is 294 g/mol. The molecule has 3 N–H and O–H groups in total. The van der Waals surface area contributed by atoms with Crippen LogP contribution in [0.2, 0.25) is 5.28 Å². The number of rotatable bonds is 3. The number of aliphatic hydroxyl groups is 2. The number of hydrogen-bond donors (Lipinski definition) is 3. The van der Waals surface area contributed by atoms with E-state index in [0.717, 1.165) is 0 Å². The summed E-state index contributed by atoms with van der Waals surface area (Å²) in [6.45, 7) is 1.84. The monoisotopic (exact) mass is 311 g/mol. The molecule has 0 spiro atoms. The van der Waals surface area contributed by atoms with E-state index in [-0.39, 0.29) is 17.9 Å². The third-order valence-electron chi connectivity index (χ3n) is 4.39. The number of nitrogens with one attached hydrogen (secondary N) is 1. The van der Waals surface area contributed by atoms with Crippen molar-refractivity contribution in [1.29, 1.82) is 0 Å². The first-order chi connectivity index (χ1) is 9.98. The second-order valence-corrected chi connectivity index (χ2v) is 6.17. The number of fused-ring (bicyclic) bond motifs is 1. The van der Waals surface area contributed by atoms with Gasteiger partial charge in [0.05, 0.1) is 19.0 Å². The molecule has 1 saturated carbocycles. The summed E-state index contributed by atoms with van der Waals surface area (Å²) in [7, 11) is 1.75. The topological polar surface area (TPSA) is 96.1 Å². The van der Waals surface area contributed by atoms with Crippen molar-refractivity contribution in [3.05, 3.63) is 11.6 Å². The Kier molecular flexibility index (Phi) is 3.51. The maximum atomic E-state index is 10.2. The Hall–Kier alpha value is -1.44. The predicted octanol–water partition coefficient (Wildman–Crippen LogP) is 1.22. The highest BCUT2D eigenvalue weighted by Gasteiger charge is 2.43. The Bertz CT molecular complexity index is 676. The van der Waals surface area contributed by atoms with Gasteiger partial charge in [-0.2, -0.15) is 9.97 Å². The molecule has 0 aromatic carbocycles. The molecular formula is C13H18ClN5O2. The maximum Gasteiger partial charge on any atom is 0.226 e. The summed E-state index contributed by atoms with van der Waals surface area (Å²) in [5, 5.41) is 22.8. The van der Waals surface area contributed by atoms with E-state index in [1.807, 2.05) is 11.5 Å². The van der Waals surface area contributed by atoms with E-state index in [2.05, 4.69) is 20.3 Å². The van der Waals surface area contributed by atoms with Crippen LogP contribution in [-0.2, 0) is 0 Å². The van der Waals surface area contributed by atoms with Gasteiger partial charge < -0.3 is 20.1 Å². The third kappa shape index (κ3) is 2.25. The smallest absolute Gasteiger partial charge is 0.226 e. The molecule has 8 heteroatoms. The zero-order valence-corrected chi connectivity index (χ0v) is 12.7.